The van der Waals surface area contributed by atoms with Gasteiger partial charge in [-0.15, -0.1) is 0 Å². The van der Waals surface area contributed by atoms with E-state index in [2.05, 4.69) is 0 Å². The van der Waals surface area contributed by atoms with Crippen molar-refractivity contribution in [1.29, 1.82) is 0 Å². The van der Waals surface area contributed by atoms with Gasteiger partial charge >= 0.3 is 6.09 Å². The van der Waals surface area contributed by atoms with Crippen LogP contribution in [0.1, 0.15) is 37.2 Å². The van der Waals surface area contributed by atoms with Gasteiger partial charge in [-0.05, 0) is 43.4 Å². The van der Waals surface area contributed by atoms with Gasteiger partial charge in [0.05, 0.1) is 32.8 Å². The number of carbonyl (C=O) groups is 1. The fourth-order valence-electron chi connectivity index (χ4n) is 3.81. The summed E-state index contributed by atoms with van der Waals surface area (Å²) in [4.78, 5) is 24.3. The van der Waals surface area contributed by atoms with Gasteiger partial charge < -0.3 is 19.1 Å². The second-order valence-corrected chi connectivity index (χ2v) is 6.77. The number of benzene rings is 1. The summed E-state index contributed by atoms with van der Waals surface area (Å²) in [6.07, 6.45) is 3.91. The van der Waals surface area contributed by atoms with E-state index < -0.39 is 18.1 Å². The Morgan fingerprint density at radius 1 is 1.19 bits per heavy atom. The van der Waals surface area contributed by atoms with E-state index in [0.717, 1.165) is 31.2 Å². The highest BCUT2D eigenvalue weighted by Crippen LogP contribution is 2.37. The molecule has 1 aliphatic heterocycles. The lowest BCUT2D eigenvalue weighted by molar-refractivity contribution is -0.520. The fourth-order valence-corrected chi connectivity index (χ4v) is 3.81. The highest BCUT2D eigenvalue weighted by atomic mass is 16.6. The summed E-state index contributed by atoms with van der Waals surface area (Å²) >= 11 is 0. The zero-order valence-corrected chi connectivity index (χ0v) is 15.1. The Morgan fingerprint density at radius 3 is 2.54 bits per heavy atom. The number of methoxy groups -OCH3 is 2. The minimum atomic E-state index is -0.873. The van der Waals surface area contributed by atoms with Crippen LogP contribution < -0.4 is 9.47 Å². The lowest BCUT2D eigenvalue weighted by Gasteiger charge is -2.19. The molecule has 1 aromatic carbocycles. The molecule has 26 heavy (non-hydrogen) atoms. The number of hydrogen-bond donors (Lipinski definition) is 0. The van der Waals surface area contributed by atoms with Crippen molar-refractivity contribution in [2.24, 2.45) is 0 Å². The smallest absolute Gasteiger partial charge is 0.409 e. The molecule has 1 aliphatic carbocycles. The molecule has 2 aliphatic rings. The van der Waals surface area contributed by atoms with Gasteiger partial charge in [0.2, 0.25) is 6.04 Å². The Kier molecular flexibility index (Phi) is 5.49. The van der Waals surface area contributed by atoms with Crippen LogP contribution in [0.15, 0.2) is 18.2 Å². The first-order valence-corrected chi connectivity index (χ1v) is 8.84. The van der Waals surface area contributed by atoms with Crippen molar-refractivity contribution in [3.8, 4) is 11.5 Å². The van der Waals surface area contributed by atoms with Crippen LogP contribution in [0.3, 0.4) is 0 Å². The van der Waals surface area contributed by atoms with Gasteiger partial charge in [-0.25, -0.2) is 4.79 Å². The van der Waals surface area contributed by atoms with E-state index in [1.807, 2.05) is 12.1 Å². The molecule has 8 nitrogen and oxygen atoms in total. The molecule has 0 spiro atoms. The lowest BCUT2D eigenvalue weighted by Crippen LogP contribution is -2.31. The van der Waals surface area contributed by atoms with Crippen LogP contribution in [0, 0.1) is 10.1 Å². The van der Waals surface area contributed by atoms with Gasteiger partial charge in [0.1, 0.15) is 0 Å². The Labute approximate surface area is 152 Å². The Morgan fingerprint density at radius 2 is 1.92 bits per heavy atom. The molecular formula is C18H24N2O6. The number of likely N-dealkylation sites (tertiary alicyclic amines) is 1. The van der Waals surface area contributed by atoms with Crippen LogP contribution in [-0.2, 0) is 4.74 Å². The monoisotopic (exact) mass is 364 g/mol. The number of nitro groups is 1. The highest BCUT2D eigenvalue weighted by Gasteiger charge is 2.44. The fraction of sp³-hybridized carbons (Fsp3) is 0.611. The van der Waals surface area contributed by atoms with Crippen molar-refractivity contribution >= 4 is 6.09 Å². The highest BCUT2D eigenvalue weighted by molar-refractivity contribution is 5.68. The van der Waals surface area contributed by atoms with Gasteiger partial charge in [-0.2, -0.15) is 0 Å². The minimum Gasteiger partial charge on any atom is -0.493 e. The minimum absolute atomic E-state index is 0.0369. The molecule has 142 valence electrons. The number of rotatable bonds is 5. The van der Waals surface area contributed by atoms with Gasteiger partial charge in [0.15, 0.2) is 11.5 Å². The van der Waals surface area contributed by atoms with Crippen LogP contribution in [-0.4, -0.2) is 55.4 Å². The van der Waals surface area contributed by atoms with E-state index in [4.69, 9.17) is 14.2 Å². The van der Waals surface area contributed by atoms with Gasteiger partial charge in [-0.1, -0.05) is 6.07 Å². The third-order valence-electron chi connectivity index (χ3n) is 5.20. The third kappa shape index (κ3) is 3.68. The van der Waals surface area contributed by atoms with Crippen molar-refractivity contribution in [1.82, 2.24) is 4.90 Å². The molecule has 1 saturated carbocycles. The molecular weight excluding hydrogens is 340 g/mol. The summed E-state index contributed by atoms with van der Waals surface area (Å²) < 4.78 is 16.2. The predicted molar refractivity (Wildman–Crippen MR) is 93.4 cm³/mol. The maximum Gasteiger partial charge on any atom is 0.409 e. The topological polar surface area (TPSA) is 91.1 Å². The van der Waals surface area contributed by atoms with Crippen LogP contribution >= 0.6 is 0 Å². The molecule has 1 saturated heterocycles. The van der Waals surface area contributed by atoms with Crippen molar-refractivity contribution in [2.75, 3.05) is 27.3 Å². The van der Waals surface area contributed by atoms with Crippen molar-refractivity contribution < 1.29 is 23.9 Å². The van der Waals surface area contributed by atoms with Crippen LogP contribution in [0.2, 0.25) is 0 Å². The maximum absolute atomic E-state index is 11.8. The van der Waals surface area contributed by atoms with E-state index >= 15 is 0 Å². The van der Waals surface area contributed by atoms with Gasteiger partial charge in [0, 0.05) is 11.5 Å². The quantitative estimate of drug-likeness (QED) is 0.589. The first-order chi connectivity index (χ1) is 12.5. The Hall–Kier alpha value is -2.51. The molecule has 8 heteroatoms. The summed E-state index contributed by atoms with van der Waals surface area (Å²) in [6.45, 7) is 0.280. The third-order valence-corrected chi connectivity index (χ3v) is 5.20. The molecule has 0 radical (unpaired) electrons. The zero-order valence-electron chi connectivity index (χ0n) is 15.1. The second kappa shape index (κ2) is 7.80. The lowest BCUT2D eigenvalue weighted by atomic mass is 9.94. The zero-order chi connectivity index (χ0) is 18.7. The maximum atomic E-state index is 11.8. The predicted octanol–water partition coefficient (Wildman–Crippen LogP) is 2.83. The van der Waals surface area contributed by atoms with Crippen molar-refractivity contribution in [3.63, 3.8) is 0 Å². The Bertz CT molecular complexity index is 674. The molecule has 0 unspecified atom stereocenters. The molecule has 1 amide bonds. The molecule has 0 N–H and O–H groups in total. The molecule has 2 atom stereocenters. The molecule has 1 aromatic rings. The summed E-state index contributed by atoms with van der Waals surface area (Å²) in [5.74, 6) is 0.803. The molecule has 3 rings (SSSR count). The van der Waals surface area contributed by atoms with Gasteiger partial charge in [0.25, 0.3) is 0 Å². The van der Waals surface area contributed by atoms with Crippen molar-refractivity contribution in [2.45, 2.75) is 43.7 Å². The second-order valence-electron chi connectivity index (χ2n) is 6.77. The summed E-state index contributed by atoms with van der Waals surface area (Å²) in [5.41, 5.74) is 0.770. The SMILES string of the molecule is COC(=O)N1C[C@H](c2ccc(OC)c(OC3CCCC3)c2)[C@@H]([N+](=O)[O-])C1. The van der Waals surface area contributed by atoms with E-state index in [0.29, 0.717) is 11.5 Å². The summed E-state index contributed by atoms with van der Waals surface area (Å²) in [7, 11) is 2.85. The number of carbonyl (C=O) groups excluding carboxylic acids is 1. The number of amides is 1. The van der Waals surface area contributed by atoms with E-state index in [-0.39, 0.29) is 24.1 Å². The summed E-state index contributed by atoms with van der Waals surface area (Å²) in [5, 5.41) is 11.5. The van der Waals surface area contributed by atoms with Crippen LogP contribution in [0.4, 0.5) is 4.79 Å². The molecule has 0 aromatic heterocycles. The summed E-state index contributed by atoms with van der Waals surface area (Å²) in [6, 6.07) is 4.53. The number of hydrogen-bond acceptors (Lipinski definition) is 6. The number of nitrogens with zero attached hydrogens (tertiary/aromatic N) is 2. The first-order valence-electron chi connectivity index (χ1n) is 8.84. The van der Waals surface area contributed by atoms with Crippen LogP contribution in [0.5, 0.6) is 11.5 Å². The molecule has 0 bridgehead atoms. The Balaban J connectivity index is 1.86. The van der Waals surface area contributed by atoms with E-state index in [1.54, 1.807) is 13.2 Å². The average molecular weight is 364 g/mol. The number of ether oxygens (including phenoxy) is 3. The van der Waals surface area contributed by atoms with Crippen LogP contribution in [0.25, 0.3) is 0 Å². The largest absolute Gasteiger partial charge is 0.493 e. The molecule has 1 heterocycles. The average Bonchev–Trinajstić information content (AvgIpc) is 3.30. The van der Waals surface area contributed by atoms with Crippen molar-refractivity contribution in [3.05, 3.63) is 33.9 Å². The van der Waals surface area contributed by atoms with Gasteiger partial charge in [-0.3, -0.25) is 10.1 Å². The standard InChI is InChI=1S/C18H24N2O6/c1-24-16-8-7-12(9-17(16)26-13-5-3-4-6-13)14-10-19(18(21)25-2)11-15(14)20(22)23/h7-9,13-15H,3-6,10-11H2,1-2H3/t14-,15+/m1/s1. The van der Waals surface area contributed by atoms with E-state index in [1.165, 1.54) is 12.0 Å². The first kappa shape index (κ1) is 18.3. The molecule has 2 fully saturated rings. The normalized spacial score (nSPS) is 23.1. The van der Waals surface area contributed by atoms with E-state index in [9.17, 15) is 14.9 Å².